The third kappa shape index (κ3) is 2.73. The van der Waals surface area contributed by atoms with E-state index in [1.807, 2.05) is 0 Å². The van der Waals surface area contributed by atoms with Gasteiger partial charge in [0.15, 0.2) is 5.83 Å². The van der Waals surface area contributed by atoms with E-state index in [2.05, 4.69) is 10.0 Å². The first kappa shape index (κ1) is 9.95. The lowest BCUT2D eigenvalue weighted by molar-refractivity contribution is -0.115. The molecule has 0 fully saturated rings. The molecule has 0 bridgehead atoms. The van der Waals surface area contributed by atoms with Crippen molar-refractivity contribution < 1.29 is 9.18 Å². The van der Waals surface area contributed by atoms with Crippen LogP contribution in [-0.2, 0) is 4.79 Å². The maximum atomic E-state index is 12.9. The summed E-state index contributed by atoms with van der Waals surface area (Å²) >= 11 is 0. The Morgan fingerprint density at radius 3 is 2.64 bits per heavy atom. The Kier molecular flexibility index (Phi) is 3.41. The Balaban J connectivity index is 2.89. The molecular formula is C9H6FN3O. The zero-order valence-corrected chi connectivity index (χ0v) is 7.09. The summed E-state index contributed by atoms with van der Waals surface area (Å²) in [6, 6.07) is 8.44. The van der Waals surface area contributed by atoms with Crippen molar-refractivity contribution in [3.63, 3.8) is 0 Å². The summed E-state index contributed by atoms with van der Waals surface area (Å²) in [6.07, 6.45) is 1.01. The average molecular weight is 191 g/mol. The minimum Gasteiger partial charge on any atom is -0.284 e. The highest BCUT2D eigenvalue weighted by Crippen LogP contribution is 2.08. The molecule has 0 saturated heterocycles. The number of azide groups is 1. The normalized spacial score (nSPS) is 10.5. The molecule has 4 nitrogen and oxygen atoms in total. The van der Waals surface area contributed by atoms with Crippen molar-refractivity contribution >= 4 is 12.0 Å². The van der Waals surface area contributed by atoms with E-state index in [1.54, 1.807) is 30.3 Å². The monoisotopic (exact) mass is 191 g/mol. The van der Waals surface area contributed by atoms with Gasteiger partial charge in [-0.15, -0.1) is 0 Å². The van der Waals surface area contributed by atoms with Gasteiger partial charge in [0.2, 0.25) is 0 Å². The van der Waals surface area contributed by atoms with Gasteiger partial charge in [0.05, 0.1) is 0 Å². The molecule has 0 aromatic heterocycles. The van der Waals surface area contributed by atoms with Crippen molar-refractivity contribution in [2.75, 3.05) is 0 Å². The molecule has 0 aliphatic carbocycles. The first-order valence-corrected chi connectivity index (χ1v) is 3.75. The highest BCUT2D eigenvalue weighted by Gasteiger charge is 2.04. The van der Waals surface area contributed by atoms with Gasteiger partial charge in [0.1, 0.15) is 0 Å². The van der Waals surface area contributed by atoms with Crippen LogP contribution in [0, 0.1) is 0 Å². The van der Waals surface area contributed by atoms with Crippen LogP contribution in [0.2, 0.25) is 0 Å². The molecule has 0 radical (unpaired) electrons. The molecule has 1 amide bonds. The number of rotatable bonds is 2. The average Bonchev–Trinajstić information content (AvgIpc) is 2.19. The topological polar surface area (TPSA) is 65.8 Å². The molecule has 0 saturated carbocycles. The Morgan fingerprint density at radius 1 is 1.43 bits per heavy atom. The summed E-state index contributed by atoms with van der Waals surface area (Å²) in [7, 11) is 0. The number of benzene rings is 1. The molecule has 1 aromatic carbocycles. The van der Waals surface area contributed by atoms with Crippen LogP contribution in [0.15, 0.2) is 41.3 Å². The fourth-order valence-electron chi connectivity index (χ4n) is 0.846. The summed E-state index contributed by atoms with van der Waals surface area (Å²) in [5.41, 5.74) is 8.43. The summed E-state index contributed by atoms with van der Waals surface area (Å²) in [5, 5.41) is 2.62. The van der Waals surface area contributed by atoms with E-state index in [-0.39, 0.29) is 0 Å². The SMILES string of the molecule is [N-]=[N+]=NC(=O)/C(F)=C/c1ccccc1. The molecule has 70 valence electrons. The van der Waals surface area contributed by atoms with Crippen molar-refractivity contribution in [2.45, 2.75) is 0 Å². The van der Waals surface area contributed by atoms with Gasteiger partial charge < -0.3 is 0 Å². The van der Waals surface area contributed by atoms with E-state index >= 15 is 0 Å². The Bertz CT molecular complexity index is 407. The molecule has 0 N–H and O–H groups in total. The summed E-state index contributed by atoms with van der Waals surface area (Å²) in [4.78, 5) is 12.9. The van der Waals surface area contributed by atoms with E-state index in [0.717, 1.165) is 6.08 Å². The Labute approximate surface area is 79.3 Å². The van der Waals surface area contributed by atoms with Crippen LogP contribution in [0.25, 0.3) is 16.5 Å². The van der Waals surface area contributed by atoms with Crippen molar-refractivity contribution in [1.82, 2.24) is 0 Å². The smallest absolute Gasteiger partial charge is 0.277 e. The number of nitrogens with zero attached hydrogens (tertiary/aromatic N) is 3. The lowest BCUT2D eigenvalue weighted by Gasteiger charge is -1.91. The van der Waals surface area contributed by atoms with Crippen molar-refractivity contribution in [1.29, 1.82) is 0 Å². The van der Waals surface area contributed by atoms with Crippen LogP contribution >= 0.6 is 0 Å². The lowest BCUT2D eigenvalue weighted by Crippen LogP contribution is -1.90. The van der Waals surface area contributed by atoms with Crippen molar-refractivity contribution in [3.05, 3.63) is 52.2 Å². The fraction of sp³-hybridized carbons (Fsp3) is 0. The van der Waals surface area contributed by atoms with Crippen LogP contribution in [-0.4, -0.2) is 5.91 Å². The molecule has 14 heavy (non-hydrogen) atoms. The number of carbonyl (C=O) groups is 1. The van der Waals surface area contributed by atoms with Gasteiger partial charge in [-0.1, -0.05) is 30.3 Å². The molecule has 1 rings (SSSR count). The summed E-state index contributed by atoms with van der Waals surface area (Å²) in [5.74, 6) is -2.29. The molecule has 0 unspecified atom stereocenters. The maximum Gasteiger partial charge on any atom is 0.277 e. The number of amides is 1. The second-order valence-electron chi connectivity index (χ2n) is 2.40. The summed E-state index contributed by atoms with van der Waals surface area (Å²) < 4.78 is 12.9. The van der Waals surface area contributed by atoms with Crippen LogP contribution in [0.5, 0.6) is 0 Å². The van der Waals surface area contributed by atoms with Crippen LogP contribution < -0.4 is 0 Å². The van der Waals surface area contributed by atoms with Crippen LogP contribution in [0.1, 0.15) is 5.56 Å². The van der Waals surface area contributed by atoms with Gasteiger partial charge in [0, 0.05) is 4.91 Å². The first-order chi connectivity index (χ1) is 6.74. The molecule has 0 heterocycles. The molecule has 0 spiro atoms. The predicted octanol–water partition coefficient (Wildman–Crippen LogP) is 2.83. The van der Waals surface area contributed by atoms with E-state index in [1.165, 1.54) is 0 Å². The quantitative estimate of drug-likeness (QED) is 0.306. The van der Waals surface area contributed by atoms with Crippen LogP contribution in [0.4, 0.5) is 4.39 Å². The van der Waals surface area contributed by atoms with Gasteiger partial charge in [-0.3, -0.25) is 4.79 Å². The minimum atomic E-state index is -1.21. The molecule has 0 aliphatic rings. The molecule has 1 aromatic rings. The van der Waals surface area contributed by atoms with Gasteiger partial charge in [-0.25, -0.2) is 4.39 Å². The van der Waals surface area contributed by atoms with E-state index < -0.39 is 11.7 Å². The van der Waals surface area contributed by atoms with E-state index in [9.17, 15) is 9.18 Å². The van der Waals surface area contributed by atoms with Crippen molar-refractivity contribution in [3.8, 4) is 0 Å². The second kappa shape index (κ2) is 4.79. The third-order valence-electron chi connectivity index (χ3n) is 1.43. The second-order valence-corrected chi connectivity index (χ2v) is 2.40. The third-order valence-corrected chi connectivity index (χ3v) is 1.43. The zero-order chi connectivity index (χ0) is 10.4. The van der Waals surface area contributed by atoms with Crippen LogP contribution in [0.3, 0.4) is 0 Å². The number of halogens is 1. The standard InChI is InChI=1S/C9H6FN3O/c10-8(9(14)12-13-11)6-7-4-2-1-3-5-7/h1-6H/b8-6-. The van der Waals surface area contributed by atoms with Gasteiger partial charge in [-0.2, -0.15) is 0 Å². The van der Waals surface area contributed by atoms with E-state index in [4.69, 9.17) is 5.53 Å². The number of hydrogen-bond acceptors (Lipinski definition) is 1. The predicted molar refractivity (Wildman–Crippen MR) is 49.7 cm³/mol. The Hall–Kier alpha value is -2.13. The van der Waals surface area contributed by atoms with Gasteiger partial charge >= 0.3 is 0 Å². The highest BCUT2D eigenvalue weighted by molar-refractivity contribution is 5.96. The fourth-order valence-corrected chi connectivity index (χ4v) is 0.846. The minimum absolute atomic E-state index is 0.534. The van der Waals surface area contributed by atoms with Gasteiger partial charge in [0.25, 0.3) is 5.91 Å². The van der Waals surface area contributed by atoms with Gasteiger partial charge in [-0.05, 0) is 22.3 Å². The zero-order valence-electron chi connectivity index (χ0n) is 7.09. The van der Waals surface area contributed by atoms with E-state index in [0.29, 0.717) is 5.56 Å². The largest absolute Gasteiger partial charge is 0.284 e. The number of hydrogen-bond donors (Lipinski definition) is 0. The Morgan fingerprint density at radius 2 is 2.07 bits per heavy atom. The number of carbonyl (C=O) groups excluding carboxylic acids is 1. The van der Waals surface area contributed by atoms with Crippen molar-refractivity contribution in [2.24, 2.45) is 5.11 Å². The molecule has 0 atom stereocenters. The lowest BCUT2D eigenvalue weighted by atomic mass is 10.2. The molecular weight excluding hydrogens is 185 g/mol. The maximum absolute atomic E-state index is 12.9. The molecule has 0 aliphatic heterocycles. The summed E-state index contributed by atoms with van der Waals surface area (Å²) in [6.45, 7) is 0. The first-order valence-electron chi connectivity index (χ1n) is 3.75. The highest BCUT2D eigenvalue weighted by atomic mass is 19.1. The molecule has 5 heteroatoms.